The summed E-state index contributed by atoms with van der Waals surface area (Å²) in [5.41, 5.74) is 1.65. The number of alkyl halides is 3. The van der Waals surface area contributed by atoms with Gasteiger partial charge in [0.05, 0.1) is 6.08 Å². The van der Waals surface area contributed by atoms with Gasteiger partial charge in [0.1, 0.15) is 11.9 Å². The third-order valence-corrected chi connectivity index (χ3v) is 0.449. The molecule has 0 N–H and O–H groups in total. The molecular weight excluding hydrogens is 156 g/mol. The van der Waals surface area contributed by atoms with E-state index in [4.69, 9.17) is 0 Å². The Labute approximate surface area is 54.5 Å². The van der Waals surface area contributed by atoms with E-state index in [0.29, 0.717) is 6.26 Å². The summed E-state index contributed by atoms with van der Waals surface area (Å²) in [5.74, 6) is 0. The standard InChI is InChI=1S/C4H2ClF3O/c5-9-3-1-2-4(6,7)8/h2-3H. The molecule has 0 saturated carbocycles. The smallest absolute Gasteiger partial charge is 0.385 e. The molecule has 0 aliphatic carbocycles. The Hall–Kier alpha value is -0.600. The highest BCUT2D eigenvalue weighted by Gasteiger charge is 2.21. The topological polar surface area (TPSA) is 9.23 Å². The normalized spacial score (nSPS) is 9.78. The molecule has 0 amide bonds. The minimum absolute atomic E-state index is 0.116. The van der Waals surface area contributed by atoms with E-state index in [-0.39, 0.29) is 6.08 Å². The quantitative estimate of drug-likeness (QED) is 0.421. The van der Waals surface area contributed by atoms with Crippen molar-refractivity contribution >= 4 is 11.9 Å². The first-order valence-electron chi connectivity index (χ1n) is 1.82. The van der Waals surface area contributed by atoms with Gasteiger partial charge in [0, 0.05) is 0 Å². The minimum Gasteiger partial charge on any atom is -0.385 e. The fourth-order valence-corrected chi connectivity index (χ4v) is 0.206. The van der Waals surface area contributed by atoms with Crippen LogP contribution in [0, 0.1) is 0 Å². The molecule has 0 aliphatic rings. The van der Waals surface area contributed by atoms with Gasteiger partial charge < -0.3 is 4.29 Å². The molecular formula is C4H2ClF3O. The van der Waals surface area contributed by atoms with Crippen molar-refractivity contribution in [2.45, 2.75) is 6.18 Å². The molecule has 52 valence electrons. The first kappa shape index (κ1) is 8.40. The molecule has 0 aliphatic heterocycles. The monoisotopic (exact) mass is 158 g/mol. The van der Waals surface area contributed by atoms with Gasteiger partial charge in [-0.15, -0.1) is 0 Å². The van der Waals surface area contributed by atoms with E-state index in [2.05, 4.69) is 16.2 Å². The number of hydrogen-bond acceptors (Lipinski definition) is 1. The van der Waals surface area contributed by atoms with Gasteiger partial charge >= 0.3 is 6.18 Å². The van der Waals surface area contributed by atoms with E-state index in [1.165, 1.54) is 0 Å². The maximum absolute atomic E-state index is 11.1. The first-order chi connectivity index (χ1) is 4.06. The van der Waals surface area contributed by atoms with Gasteiger partial charge in [0.25, 0.3) is 0 Å². The summed E-state index contributed by atoms with van der Waals surface area (Å²) in [5, 5.41) is 0. The number of allylic oxidation sites excluding steroid dienone is 1. The van der Waals surface area contributed by atoms with Crippen LogP contribution in [-0.4, -0.2) is 6.18 Å². The highest BCUT2D eigenvalue weighted by atomic mass is 35.5. The van der Waals surface area contributed by atoms with Crippen molar-refractivity contribution in [3.05, 3.63) is 18.1 Å². The summed E-state index contributed by atoms with van der Waals surface area (Å²) in [7, 11) is 0. The Bertz CT molecular complexity index is 133. The second-order valence-electron chi connectivity index (χ2n) is 1.06. The maximum atomic E-state index is 11.1. The van der Waals surface area contributed by atoms with Crippen molar-refractivity contribution in [2.75, 3.05) is 0 Å². The van der Waals surface area contributed by atoms with Crippen molar-refractivity contribution in [1.82, 2.24) is 0 Å². The molecule has 0 aromatic heterocycles. The summed E-state index contributed by atoms with van der Waals surface area (Å²) in [4.78, 5) is 0. The predicted octanol–water partition coefficient (Wildman–Crippen LogP) is 2.39. The zero-order valence-electron chi connectivity index (χ0n) is 4.07. The van der Waals surface area contributed by atoms with Crippen molar-refractivity contribution in [3.63, 3.8) is 0 Å². The molecule has 0 radical (unpaired) electrons. The Morgan fingerprint density at radius 3 is 2.33 bits per heavy atom. The highest BCUT2D eigenvalue weighted by molar-refractivity contribution is 6.07. The molecule has 0 rings (SSSR count). The third kappa shape index (κ3) is 7.40. The molecule has 9 heavy (non-hydrogen) atoms. The van der Waals surface area contributed by atoms with Gasteiger partial charge in [0.15, 0.2) is 6.26 Å². The largest absolute Gasteiger partial charge is 0.416 e. The molecule has 0 aromatic carbocycles. The van der Waals surface area contributed by atoms with Crippen LogP contribution < -0.4 is 0 Å². The zero-order chi connectivity index (χ0) is 7.33. The number of hydrogen-bond donors (Lipinski definition) is 0. The maximum Gasteiger partial charge on any atom is 0.416 e. The average molecular weight is 159 g/mol. The van der Waals surface area contributed by atoms with E-state index in [1.807, 2.05) is 0 Å². The van der Waals surface area contributed by atoms with E-state index in [9.17, 15) is 13.2 Å². The van der Waals surface area contributed by atoms with Crippen molar-refractivity contribution in [3.8, 4) is 0 Å². The molecule has 0 bridgehead atoms. The second-order valence-corrected chi connectivity index (χ2v) is 1.24. The fraction of sp³-hybridized carbons (Fsp3) is 0.250. The van der Waals surface area contributed by atoms with Gasteiger partial charge in [-0.25, -0.2) is 0 Å². The predicted molar refractivity (Wildman–Crippen MR) is 25.6 cm³/mol. The van der Waals surface area contributed by atoms with Crippen LogP contribution in [-0.2, 0) is 4.29 Å². The van der Waals surface area contributed by atoms with Crippen LogP contribution in [0.4, 0.5) is 13.2 Å². The summed E-state index contributed by atoms with van der Waals surface area (Å²) in [6, 6.07) is 0. The van der Waals surface area contributed by atoms with Crippen LogP contribution in [0.1, 0.15) is 0 Å². The highest BCUT2D eigenvalue weighted by Crippen LogP contribution is 2.14. The molecule has 1 nitrogen and oxygen atoms in total. The molecule has 0 fully saturated rings. The zero-order valence-corrected chi connectivity index (χ0v) is 4.83. The van der Waals surface area contributed by atoms with Gasteiger partial charge in [-0.1, -0.05) is 5.73 Å². The lowest BCUT2D eigenvalue weighted by atomic mass is 10.6. The minimum atomic E-state index is -4.36. The summed E-state index contributed by atoms with van der Waals surface area (Å²) < 4.78 is 37.1. The molecule has 0 unspecified atom stereocenters. The van der Waals surface area contributed by atoms with Crippen LogP contribution in [0.2, 0.25) is 0 Å². The van der Waals surface area contributed by atoms with Crippen LogP contribution in [0.3, 0.4) is 0 Å². The van der Waals surface area contributed by atoms with Crippen LogP contribution in [0.15, 0.2) is 18.1 Å². The van der Waals surface area contributed by atoms with Crippen molar-refractivity contribution in [1.29, 1.82) is 0 Å². The van der Waals surface area contributed by atoms with Crippen molar-refractivity contribution < 1.29 is 17.5 Å². The Kier molecular flexibility index (Phi) is 3.20. The second kappa shape index (κ2) is 3.43. The molecule has 0 atom stereocenters. The summed E-state index contributed by atoms with van der Waals surface area (Å²) >= 11 is 4.52. The SMILES string of the molecule is FC(F)(F)C=C=COCl. The molecule has 0 aromatic rings. The van der Waals surface area contributed by atoms with E-state index in [1.54, 1.807) is 5.73 Å². The summed E-state index contributed by atoms with van der Waals surface area (Å²) in [6.45, 7) is 0. The lowest BCUT2D eigenvalue weighted by Gasteiger charge is -1.91. The average Bonchev–Trinajstić information content (AvgIpc) is 1.63. The Morgan fingerprint density at radius 2 is 2.00 bits per heavy atom. The van der Waals surface area contributed by atoms with Crippen LogP contribution in [0.25, 0.3) is 0 Å². The number of halogens is 4. The van der Waals surface area contributed by atoms with E-state index < -0.39 is 6.18 Å². The van der Waals surface area contributed by atoms with Crippen molar-refractivity contribution in [2.24, 2.45) is 0 Å². The molecule has 5 heteroatoms. The lowest BCUT2D eigenvalue weighted by molar-refractivity contribution is -0.0797. The third-order valence-electron chi connectivity index (χ3n) is 0.360. The first-order valence-corrected chi connectivity index (χ1v) is 2.13. The van der Waals surface area contributed by atoms with Gasteiger partial charge in [0.2, 0.25) is 0 Å². The lowest BCUT2D eigenvalue weighted by Crippen LogP contribution is -1.99. The number of rotatable bonds is 1. The van der Waals surface area contributed by atoms with Gasteiger partial charge in [-0.3, -0.25) is 0 Å². The molecule has 0 heterocycles. The van der Waals surface area contributed by atoms with E-state index in [0.717, 1.165) is 0 Å². The summed E-state index contributed by atoms with van der Waals surface area (Å²) in [6.07, 6.45) is -3.88. The Balaban J connectivity index is 3.84. The molecule has 0 saturated heterocycles. The van der Waals surface area contributed by atoms with Gasteiger partial charge in [-0.2, -0.15) is 13.2 Å². The van der Waals surface area contributed by atoms with E-state index >= 15 is 0 Å². The molecule has 0 spiro atoms. The van der Waals surface area contributed by atoms with Crippen LogP contribution >= 0.6 is 11.9 Å². The fourth-order valence-electron chi connectivity index (χ4n) is 0.154. The van der Waals surface area contributed by atoms with Gasteiger partial charge in [-0.05, 0) is 0 Å². The van der Waals surface area contributed by atoms with Crippen LogP contribution in [0.5, 0.6) is 0 Å². The Morgan fingerprint density at radius 1 is 1.44 bits per heavy atom.